The summed E-state index contributed by atoms with van der Waals surface area (Å²) in [5.41, 5.74) is 0.323. The summed E-state index contributed by atoms with van der Waals surface area (Å²) in [5.74, 6) is -0.0592. The highest BCUT2D eigenvalue weighted by atomic mass is 35.5. The Morgan fingerprint density at radius 3 is 2.77 bits per heavy atom. The Hall–Kier alpha value is -1.42. The lowest BCUT2D eigenvalue weighted by atomic mass is 10.3. The predicted octanol–water partition coefficient (Wildman–Crippen LogP) is 1.80. The van der Waals surface area contributed by atoms with E-state index in [1.165, 1.54) is 19.2 Å². The molecule has 3 N–H and O–H groups in total. The van der Waals surface area contributed by atoms with Crippen molar-refractivity contribution in [1.29, 1.82) is 0 Å². The number of benzene rings is 1. The lowest BCUT2D eigenvalue weighted by molar-refractivity contribution is 0.254. The van der Waals surface area contributed by atoms with Gasteiger partial charge >= 0.3 is 6.03 Å². The Morgan fingerprint density at radius 2 is 2.23 bits per heavy atom. The molecule has 0 spiro atoms. The molecule has 1 aromatic carbocycles. The lowest BCUT2D eigenvalue weighted by Gasteiger charge is -2.06. The van der Waals surface area contributed by atoms with Crippen LogP contribution in [0.3, 0.4) is 0 Å². The highest BCUT2D eigenvalue weighted by molar-refractivity contribution is 6.30. The number of phenols is 1. The maximum absolute atomic E-state index is 10.9. The van der Waals surface area contributed by atoms with Gasteiger partial charge in [-0.15, -0.1) is 0 Å². The second-order valence-electron chi connectivity index (χ2n) is 2.37. The Labute approximate surface area is 80.5 Å². The molecule has 0 heterocycles. The predicted molar refractivity (Wildman–Crippen MR) is 51.2 cm³/mol. The van der Waals surface area contributed by atoms with E-state index < -0.39 is 6.03 Å². The van der Waals surface area contributed by atoms with Gasteiger partial charge in [-0.2, -0.15) is 0 Å². The van der Waals surface area contributed by atoms with Crippen LogP contribution in [0.4, 0.5) is 10.5 Å². The monoisotopic (exact) mass is 200 g/mol. The molecular formula is C8H9ClN2O2. The standard InChI is InChI=1S/C8H9ClN2O2/c1-10-8(13)11-6-3-2-5(9)4-7(6)12/h2-4,12H,1H3,(H2,10,11,13). The van der Waals surface area contributed by atoms with E-state index in [0.717, 1.165) is 0 Å². The molecule has 2 amide bonds. The van der Waals surface area contributed by atoms with Gasteiger partial charge in [0.15, 0.2) is 0 Å². The Bertz CT molecular complexity index is 328. The largest absolute Gasteiger partial charge is 0.506 e. The van der Waals surface area contributed by atoms with Gasteiger partial charge < -0.3 is 15.7 Å². The molecule has 0 unspecified atom stereocenters. The zero-order chi connectivity index (χ0) is 9.84. The van der Waals surface area contributed by atoms with Gasteiger partial charge in [-0.1, -0.05) is 11.6 Å². The van der Waals surface area contributed by atoms with E-state index in [1.807, 2.05) is 0 Å². The number of urea groups is 1. The molecule has 0 aliphatic rings. The molecule has 5 heteroatoms. The first-order valence-electron chi connectivity index (χ1n) is 3.60. The third-order valence-electron chi connectivity index (χ3n) is 1.44. The zero-order valence-electron chi connectivity index (χ0n) is 6.97. The Kier molecular flexibility index (Phi) is 2.97. The van der Waals surface area contributed by atoms with Crippen molar-refractivity contribution in [3.8, 4) is 5.75 Å². The van der Waals surface area contributed by atoms with E-state index in [2.05, 4.69) is 10.6 Å². The summed E-state index contributed by atoms with van der Waals surface area (Å²) in [4.78, 5) is 10.9. The van der Waals surface area contributed by atoms with Crippen LogP contribution in [0.15, 0.2) is 18.2 Å². The number of anilines is 1. The summed E-state index contributed by atoms with van der Waals surface area (Å²) in [5, 5.41) is 14.5. The molecule has 70 valence electrons. The molecular weight excluding hydrogens is 192 g/mol. The van der Waals surface area contributed by atoms with Gasteiger partial charge in [0.1, 0.15) is 5.75 Å². The summed E-state index contributed by atoms with van der Waals surface area (Å²) >= 11 is 5.60. The second-order valence-corrected chi connectivity index (χ2v) is 2.80. The minimum Gasteiger partial charge on any atom is -0.506 e. The van der Waals surface area contributed by atoms with Crippen molar-refractivity contribution in [3.05, 3.63) is 23.2 Å². The molecule has 4 nitrogen and oxygen atoms in total. The average Bonchev–Trinajstić information content (AvgIpc) is 2.09. The van der Waals surface area contributed by atoms with Gasteiger partial charge in [0.25, 0.3) is 0 Å². The van der Waals surface area contributed by atoms with Crippen LogP contribution >= 0.6 is 11.6 Å². The van der Waals surface area contributed by atoms with Crippen LogP contribution in [0.5, 0.6) is 5.75 Å². The second kappa shape index (κ2) is 4.00. The Morgan fingerprint density at radius 1 is 1.54 bits per heavy atom. The van der Waals surface area contributed by atoms with Crippen LogP contribution in [0.1, 0.15) is 0 Å². The molecule has 1 rings (SSSR count). The number of hydrogen-bond acceptors (Lipinski definition) is 2. The molecule has 0 saturated carbocycles. The number of aromatic hydroxyl groups is 1. The van der Waals surface area contributed by atoms with Crippen LogP contribution in [0.2, 0.25) is 5.02 Å². The zero-order valence-corrected chi connectivity index (χ0v) is 7.72. The molecule has 0 bridgehead atoms. The summed E-state index contributed by atoms with van der Waals surface area (Å²) in [6, 6.07) is 4.06. The maximum Gasteiger partial charge on any atom is 0.319 e. The molecule has 0 radical (unpaired) electrons. The third kappa shape index (κ3) is 2.52. The number of carbonyl (C=O) groups excluding carboxylic acids is 1. The fraction of sp³-hybridized carbons (Fsp3) is 0.125. The number of phenolic OH excluding ortho intramolecular Hbond substituents is 1. The maximum atomic E-state index is 10.9. The van der Waals surface area contributed by atoms with E-state index in [1.54, 1.807) is 6.07 Å². The molecule has 0 atom stereocenters. The molecule has 0 aromatic heterocycles. The Balaban J connectivity index is 2.83. The number of halogens is 1. The fourth-order valence-corrected chi connectivity index (χ4v) is 0.962. The van der Waals surface area contributed by atoms with Crippen LogP contribution in [0.25, 0.3) is 0 Å². The smallest absolute Gasteiger partial charge is 0.319 e. The van der Waals surface area contributed by atoms with Crippen molar-refractivity contribution in [3.63, 3.8) is 0 Å². The van der Waals surface area contributed by atoms with Gasteiger partial charge in [-0.25, -0.2) is 4.79 Å². The molecule has 13 heavy (non-hydrogen) atoms. The molecule has 0 fully saturated rings. The normalized spacial score (nSPS) is 9.38. The summed E-state index contributed by atoms with van der Waals surface area (Å²) in [6.07, 6.45) is 0. The number of rotatable bonds is 1. The average molecular weight is 201 g/mol. The van der Waals surface area contributed by atoms with Crippen molar-refractivity contribution in [2.75, 3.05) is 12.4 Å². The molecule has 0 aliphatic carbocycles. The first kappa shape index (κ1) is 9.67. The van der Waals surface area contributed by atoms with E-state index in [4.69, 9.17) is 11.6 Å². The van der Waals surface area contributed by atoms with Gasteiger partial charge in [0.05, 0.1) is 5.69 Å². The van der Waals surface area contributed by atoms with Crippen LogP contribution in [-0.4, -0.2) is 18.2 Å². The highest BCUT2D eigenvalue weighted by Gasteiger charge is 2.03. The van der Waals surface area contributed by atoms with Gasteiger partial charge in [-0.05, 0) is 12.1 Å². The first-order chi connectivity index (χ1) is 6.13. The van der Waals surface area contributed by atoms with Crippen LogP contribution in [-0.2, 0) is 0 Å². The lowest BCUT2D eigenvalue weighted by Crippen LogP contribution is -2.24. The van der Waals surface area contributed by atoms with Gasteiger partial charge in [0.2, 0.25) is 0 Å². The van der Waals surface area contributed by atoms with E-state index in [-0.39, 0.29) is 5.75 Å². The van der Waals surface area contributed by atoms with E-state index in [9.17, 15) is 9.90 Å². The van der Waals surface area contributed by atoms with Crippen molar-refractivity contribution in [1.82, 2.24) is 5.32 Å². The van der Waals surface area contributed by atoms with Crippen molar-refractivity contribution >= 4 is 23.3 Å². The molecule has 0 aliphatic heterocycles. The van der Waals surface area contributed by atoms with Gasteiger partial charge in [0, 0.05) is 18.1 Å². The molecule has 1 aromatic rings. The topological polar surface area (TPSA) is 61.4 Å². The number of nitrogens with one attached hydrogen (secondary N) is 2. The number of amides is 2. The van der Waals surface area contributed by atoms with Crippen molar-refractivity contribution in [2.24, 2.45) is 0 Å². The number of hydrogen-bond donors (Lipinski definition) is 3. The van der Waals surface area contributed by atoms with E-state index >= 15 is 0 Å². The number of carbonyl (C=O) groups is 1. The van der Waals surface area contributed by atoms with E-state index in [0.29, 0.717) is 10.7 Å². The molecule has 0 saturated heterocycles. The highest BCUT2D eigenvalue weighted by Crippen LogP contribution is 2.26. The first-order valence-corrected chi connectivity index (χ1v) is 3.98. The van der Waals surface area contributed by atoms with Crippen molar-refractivity contribution in [2.45, 2.75) is 0 Å². The van der Waals surface area contributed by atoms with Gasteiger partial charge in [-0.3, -0.25) is 0 Å². The summed E-state index contributed by atoms with van der Waals surface area (Å²) < 4.78 is 0. The minimum absolute atomic E-state index is 0.0592. The third-order valence-corrected chi connectivity index (χ3v) is 1.67. The SMILES string of the molecule is CNC(=O)Nc1ccc(Cl)cc1O. The summed E-state index contributed by atoms with van der Waals surface area (Å²) in [6.45, 7) is 0. The summed E-state index contributed by atoms with van der Waals surface area (Å²) in [7, 11) is 1.49. The quantitative estimate of drug-likeness (QED) is 0.606. The van der Waals surface area contributed by atoms with Crippen molar-refractivity contribution < 1.29 is 9.90 Å². The minimum atomic E-state index is -0.391. The fourth-order valence-electron chi connectivity index (χ4n) is 0.795. The van der Waals surface area contributed by atoms with Crippen LogP contribution in [0, 0.1) is 0 Å². The van der Waals surface area contributed by atoms with Crippen LogP contribution < -0.4 is 10.6 Å².